The number of halogens is 1. The molecule has 1 aliphatic heterocycles. The Kier molecular flexibility index (Phi) is 5.86. The molecule has 1 aromatic heterocycles. The molecule has 1 N–H and O–H groups in total. The molecular weight excluding hydrogens is 431 g/mol. The molecule has 3 aromatic carbocycles. The van der Waals surface area contributed by atoms with Gasteiger partial charge in [0.15, 0.2) is 0 Å². The van der Waals surface area contributed by atoms with Crippen LogP contribution in [-0.2, 0) is 11.3 Å². The highest BCUT2D eigenvalue weighted by molar-refractivity contribution is 5.89. The number of amides is 1. The summed E-state index contributed by atoms with van der Waals surface area (Å²) in [4.78, 5) is 14.7. The summed E-state index contributed by atoms with van der Waals surface area (Å²) in [5, 5.41) is 15.1. The number of nitrogens with one attached hydrogen (secondary N) is 1. The first-order valence-corrected chi connectivity index (χ1v) is 11.0. The van der Waals surface area contributed by atoms with Crippen LogP contribution in [-0.4, -0.2) is 32.7 Å². The van der Waals surface area contributed by atoms with Crippen LogP contribution in [0.1, 0.15) is 28.3 Å². The van der Waals surface area contributed by atoms with E-state index >= 15 is 0 Å². The number of allylic oxidation sites excluding steroid dienone is 1. The van der Waals surface area contributed by atoms with Gasteiger partial charge in [0, 0.05) is 12.1 Å². The Morgan fingerprint density at radius 3 is 2.50 bits per heavy atom. The van der Waals surface area contributed by atoms with Crippen LogP contribution < -0.4 is 10.2 Å². The van der Waals surface area contributed by atoms with E-state index < -0.39 is 0 Å². The smallest absolute Gasteiger partial charge is 0.251 e. The summed E-state index contributed by atoms with van der Waals surface area (Å²) >= 11 is 0. The second kappa shape index (κ2) is 9.27. The zero-order chi connectivity index (χ0) is 23.5. The van der Waals surface area contributed by atoms with Crippen molar-refractivity contribution in [3.8, 4) is 0 Å². The SMILES string of the molecule is Cc1ccc(C2=CC(c3ccccc3)n3nnnc3N2CC(=O)NCc2ccccc2F)cc1. The third-order valence-electron chi connectivity index (χ3n) is 5.81. The van der Waals surface area contributed by atoms with Crippen molar-refractivity contribution >= 4 is 17.6 Å². The summed E-state index contributed by atoms with van der Waals surface area (Å²) in [5.74, 6) is -0.155. The first kappa shape index (κ1) is 21.5. The van der Waals surface area contributed by atoms with E-state index in [1.165, 1.54) is 6.07 Å². The molecule has 7 nitrogen and oxygen atoms in total. The van der Waals surface area contributed by atoms with E-state index in [0.717, 1.165) is 22.4 Å². The average Bonchev–Trinajstić information content (AvgIpc) is 3.35. The van der Waals surface area contributed by atoms with E-state index in [1.807, 2.05) is 61.5 Å². The number of hydrogen-bond acceptors (Lipinski definition) is 5. The van der Waals surface area contributed by atoms with Crippen molar-refractivity contribution in [3.05, 3.63) is 113 Å². The topological polar surface area (TPSA) is 75.9 Å². The minimum absolute atomic E-state index is 0.0178. The van der Waals surface area contributed by atoms with Crippen molar-refractivity contribution in [1.82, 2.24) is 25.5 Å². The van der Waals surface area contributed by atoms with Crippen molar-refractivity contribution in [2.45, 2.75) is 19.5 Å². The standard InChI is InChI=1S/C26H23FN6O/c1-18-11-13-20(14-12-18)23-15-24(19-7-3-2-4-8-19)33-26(29-30-31-33)32(23)17-25(34)28-16-21-9-5-6-10-22(21)27/h2-15,24H,16-17H2,1H3,(H,28,34). The molecule has 0 radical (unpaired) electrons. The summed E-state index contributed by atoms with van der Waals surface area (Å²) in [6.45, 7) is 2.11. The summed E-state index contributed by atoms with van der Waals surface area (Å²) in [6.07, 6.45) is 2.06. The lowest BCUT2D eigenvalue weighted by molar-refractivity contribution is -0.119. The maximum atomic E-state index is 14.0. The third kappa shape index (κ3) is 4.30. The van der Waals surface area contributed by atoms with E-state index in [1.54, 1.807) is 27.8 Å². The quantitative estimate of drug-likeness (QED) is 0.478. The number of benzene rings is 3. The van der Waals surface area contributed by atoms with E-state index in [0.29, 0.717) is 11.5 Å². The lowest BCUT2D eigenvalue weighted by Gasteiger charge is -2.32. The Morgan fingerprint density at radius 2 is 1.74 bits per heavy atom. The summed E-state index contributed by atoms with van der Waals surface area (Å²) < 4.78 is 15.7. The molecule has 1 atom stereocenters. The van der Waals surface area contributed by atoms with Gasteiger partial charge in [-0.05, 0) is 40.6 Å². The van der Waals surface area contributed by atoms with Gasteiger partial charge in [-0.1, -0.05) is 83.5 Å². The maximum Gasteiger partial charge on any atom is 0.251 e. The summed E-state index contributed by atoms with van der Waals surface area (Å²) in [6, 6.07) is 24.2. The van der Waals surface area contributed by atoms with Gasteiger partial charge in [-0.3, -0.25) is 9.69 Å². The number of nitrogens with zero attached hydrogens (tertiary/aromatic N) is 5. The highest BCUT2D eigenvalue weighted by atomic mass is 19.1. The number of anilines is 1. The number of tetrazole rings is 1. The van der Waals surface area contributed by atoms with Gasteiger partial charge in [-0.2, -0.15) is 4.68 Å². The van der Waals surface area contributed by atoms with Crippen LogP contribution in [0.25, 0.3) is 5.70 Å². The van der Waals surface area contributed by atoms with Crippen LogP contribution in [0.15, 0.2) is 84.9 Å². The molecule has 1 unspecified atom stereocenters. The summed E-state index contributed by atoms with van der Waals surface area (Å²) in [5.41, 5.74) is 4.38. The van der Waals surface area contributed by atoms with Crippen molar-refractivity contribution < 1.29 is 9.18 Å². The van der Waals surface area contributed by atoms with E-state index in [2.05, 4.69) is 26.9 Å². The number of fused-ring (bicyclic) bond motifs is 1. The molecule has 170 valence electrons. The van der Waals surface area contributed by atoms with Gasteiger partial charge in [0.05, 0.1) is 5.70 Å². The van der Waals surface area contributed by atoms with Gasteiger partial charge in [-0.25, -0.2) is 4.39 Å². The van der Waals surface area contributed by atoms with Gasteiger partial charge >= 0.3 is 0 Å². The molecule has 0 saturated carbocycles. The van der Waals surface area contributed by atoms with E-state index in [-0.39, 0.29) is 30.9 Å². The fraction of sp³-hybridized carbons (Fsp3) is 0.154. The maximum absolute atomic E-state index is 14.0. The monoisotopic (exact) mass is 454 g/mol. The highest BCUT2D eigenvalue weighted by Gasteiger charge is 2.31. The molecule has 0 aliphatic carbocycles. The molecule has 4 aromatic rings. The number of hydrogen-bond donors (Lipinski definition) is 1. The van der Waals surface area contributed by atoms with Crippen LogP contribution in [0.3, 0.4) is 0 Å². The average molecular weight is 455 g/mol. The number of carbonyl (C=O) groups excluding carboxylic acids is 1. The molecule has 8 heteroatoms. The zero-order valence-corrected chi connectivity index (χ0v) is 18.6. The molecular formula is C26H23FN6O. The highest BCUT2D eigenvalue weighted by Crippen LogP contribution is 2.36. The van der Waals surface area contributed by atoms with Crippen LogP contribution in [0.4, 0.5) is 10.3 Å². The van der Waals surface area contributed by atoms with E-state index in [9.17, 15) is 9.18 Å². The molecule has 2 heterocycles. The van der Waals surface area contributed by atoms with Gasteiger partial charge in [-0.15, -0.1) is 0 Å². The summed E-state index contributed by atoms with van der Waals surface area (Å²) in [7, 11) is 0. The minimum atomic E-state index is -0.351. The number of aromatic nitrogens is 4. The Labute approximate surface area is 196 Å². The van der Waals surface area contributed by atoms with Crippen LogP contribution in [0, 0.1) is 12.7 Å². The molecule has 0 fully saturated rings. The molecule has 0 saturated heterocycles. The van der Waals surface area contributed by atoms with Crippen LogP contribution in [0.2, 0.25) is 0 Å². The second-order valence-corrected chi connectivity index (χ2v) is 8.15. The Morgan fingerprint density at radius 1 is 1.00 bits per heavy atom. The van der Waals surface area contributed by atoms with Gasteiger partial charge < -0.3 is 5.32 Å². The predicted molar refractivity (Wildman–Crippen MR) is 127 cm³/mol. The Balaban J connectivity index is 1.47. The van der Waals surface area contributed by atoms with E-state index in [4.69, 9.17) is 0 Å². The van der Waals surface area contributed by atoms with Crippen molar-refractivity contribution in [1.29, 1.82) is 0 Å². The van der Waals surface area contributed by atoms with Crippen LogP contribution >= 0.6 is 0 Å². The normalized spacial score (nSPS) is 14.9. The second-order valence-electron chi connectivity index (χ2n) is 8.15. The molecule has 34 heavy (non-hydrogen) atoms. The first-order valence-electron chi connectivity index (χ1n) is 11.0. The molecule has 5 rings (SSSR count). The molecule has 1 aliphatic rings. The fourth-order valence-electron chi connectivity index (χ4n) is 4.02. The van der Waals surface area contributed by atoms with Gasteiger partial charge in [0.25, 0.3) is 5.95 Å². The lowest BCUT2D eigenvalue weighted by atomic mass is 10.00. The third-order valence-corrected chi connectivity index (χ3v) is 5.81. The lowest BCUT2D eigenvalue weighted by Crippen LogP contribution is -2.40. The zero-order valence-electron chi connectivity index (χ0n) is 18.6. The van der Waals surface area contributed by atoms with Gasteiger partial charge in [0.1, 0.15) is 18.4 Å². The van der Waals surface area contributed by atoms with Crippen molar-refractivity contribution in [2.75, 3.05) is 11.4 Å². The number of aryl methyl sites for hydroxylation is 1. The molecule has 1 amide bonds. The molecule has 0 bridgehead atoms. The van der Waals surface area contributed by atoms with Crippen molar-refractivity contribution in [2.24, 2.45) is 0 Å². The van der Waals surface area contributed by atoms with Crippen LogP contribution in [0.5, 0.6) is 0 Å². The minimum Gasteiger partial charge on any atom is -0.350 e. The first-order chi connectivity index (χ1) is 16.6. The largest absolute Gasteiger partial charge is 0.350 e. The fourth-order valence-corrected chi connectivity index (χ4v) is 4.02. The molecule has 0 spiro atoms. The predicted octanol–water partition coefficient (Wildman–Crippen LogP) is 3.89. The van der Waals surface area contributed by atoms with Crippen molar-refractivity contribution in [3.63, 3.8) is 0 Å². The number of carbonyl (C=O) groups is 1. The Bertz CT molecular complexity index is 1330. The number of rotatable bonds is 6. The Hall–Kier alpha value is -4.33. The van der Waals surface area contributed by atoms with Gasteiger partial charge in [0.2, 0.25) is 5.91 Å².